The van der Waals surface area contributed by atoms with E-state index in [1.165, 1.54) is 44.1 Å². The van der Waals surface area contributed by atoms with Gasteiger partial charge in [0.2, 0.25) is 0 Å². The summed E-state index contributed by atoms with van der Waals surface area (Å²) in [5.74, 6) is -2.01. The lowest BCUT2D eigenvalue weighted by Crippen LogP contribution is -2.13. The van der Waals surface area contributed by atoms with Crippen LogP contribution in [0, 0.1) is 23.4 Å². The van der Waals surface area contributed by atoms with Crippen molar-refractivity contribution in [1.29, 1.82) is 0 Å². The summed E-state index contributed by atoms with van der Waals surface area (Å²) in [4.78, 5) is 0. The van der Waals surface area contributed by atoms with E-state index < -0.39 is 23.6 Å². The predicted molar refractivity (Wildman–Crippen MR) is 96.4 cm³/mol. The number of benzene rings is 2. The molecule has 1 N–H and O–H groups in total. The molecule has 0 spiro atoms. The third-order valence-corrected chi connectivity index (χ3v) is 5.60. The molecule has 0 radical (unpaired) electrons. The highest BCUT2D eigenvalue weighted by atomic mass is 19.2. The topological polar surface area (TPSA) is 20.2 Å². The summed E-state index contributed by atoms with van der Waals surface area (Å²) in [6.45, 7) is 2.23. The van der Waals surface area contributed by atoms with Crippen molar-refractivity contribution in [2.24, 2.45) is 5.92 Å². The molecule has 0 bridgehead atoms. The minimum atomic E-state index is -1.32. The molecule has 26 heavy (non-hydrogen) atoms. The summed E-state index contributed by atoms with van der Waals surface area (Å²) < 4.78 is 40.3. The first-order valence-corrected chi connectivity index (χ1v) is 9.42. The molecule has 2 aromatic rings. The number of hydrogen-bond acceptors (Lipinski definition) is 1. The zero-order chi connectivity index (χ0) is 18.7. The van der Waals surface area contributed by atoms with Gasteiger partial charge in [-0.25, -0.2) is 13.2 Å². The van der Waals surface area contributed by atoms with Crippen LogP contribution in [0.4, 0.5) is 13.2 Å². The van der Waals surface area contributed by atoms with E-state index in [2.05, 4.69) is 6.92 Å². The Hall–Kier alpha value is -1.81. The largest absolute Gasteiger partial charge is 0.384 e. The zero-order valence-corrected chi connectivity index (χ0v) is 15.0. The molecule has 1 aliphatic rings. The Kier molecular flexibility index (Phi) is 6.02. The summed E-state index contributed by atoms with van der Waals surface area (Å²) in [7, 11) is 0. The Morgan fingerprint density at radius 3 is 2.15 bits per heavy atom. The van der Waals surface area contributed by atoms with Gasteiger partial charge in [-0.1, -0.05) is 44.0 Å². The van der Waals surface area contributed by atoms with Crippen molar-refractivity contribution in [3.8, 4) is 0 Å². The summed E-state index contributed by atoms with van der Waals surface area (Å²) in [5, 5.41) is 10.4. The Labute approximate surface area is 152 Å². The van der Waals surface area contributed by atoms with Crippen molar-refractivity contribution >= 4 is 0 Å². The van der Waals surface area contributed by atoms with E-state index in [-0.39, 0.29) is 5.56 Å². The molecule has 0 aliphatic heterocycles. The number of rotatable bonds is 5. The van der Waals surface area contributed by atoms with Gasteiger partial charge >= 0.3 is 0 Å². The van der Waals surface area contributed by atoms with Gasteiger partial charge in [0.1, 0.15) is 11.9 Å². The first kappa shape index (κ1) is 19.0. The van der Waals surface area contributed by atoms with Gasteiger partial charge in [0.05, 0.1) is 0 Å². The summed E-state index contributed by atoms with van der Waals surface area (Å²) in [5.41, 5.74) is 1.44. The van der Waals surface area contributed by atoms with Crippen LogP contribution >= 0.6 is 0 Å². The molecule has 1 nitrogen and oxygen atoms in total. The molecule has 2 aromatic carbocycles. The monoisotopic (exact) mass is 362 g/mol. The first-order chi connectivity index (χ1) is 12.5. The fraction of sp³-hybridized carbons (Fsp3) is 0.455. The average Bonchev–Trinajstić information content (AvgIpc) is 2.65. The molecule has 1 unspecified atom stereocenters. The second-order valence-electron chi connectivity index (χ2n) is 7.36. The van der Waals surface area contributed by atoms with Crippen LogP contribution in [0.3, 0.4) is 0 Å². The highest BCUT2D eigenvalue weighted by Crippen LogP contribution is 2.38. The van der Waals surface area contributed by atoms with E-state index in [1.807, 2.05) is 12.1 Å². The van der Waals surface area contributed by atoms with Crippen LogP contribution in [-0.4, -0.2) is 5.11 Å². The highest BCUT2D eigenvalue weighted by molar-refractivity contribution is 5.34. The van der Waals surface area contributed by atoms with Gasteiger partial charge < -0.3 is 5.11 Å². The van der Waals surface area contributed by atoms with Crippen molar-refractivity contribution in [1.82, 2.24) is 0 Å². The number of aliphatic hydroxyl groups excluding tert-OH is 1. The molecule has 0 heterocycles. The number of hydrogen-bond donors (Lipinski definition) is 1. The standard InChI is InChI=1S/C22H25F3O/c1-2-3-14-4-6-15(7-5-14)16-8-10-17(11-9-16)22(26)18-12-20(24)21(25)13-19(18)23/h8-15,22,26H,2-7H2,1H3. The average molecular weight is 362 g/mol. The van der Waals surface area contributed by atoms with E-state index in [0.717, 1.165) is 12.0 Å². The van der Waals surface area contributed by atoms with Crippen LogP contribution in [0.1, 0.15) is 74.2 Å². The third kappa shape index (κ3) is 4.12. The maximum Gasteiger partial charge on any atom is 0.161 e. The normalized spacial score (nSPS) is 21.6. The van der Waals surface area contributed by atoms with Crippen molar-refractivity contribution in [2.75, 3.05) is 0 Å². The maximum absolute atomic E-state index is 13.9. The molecule has 1 saturated carbocycles. The van der Waals surface area contributed by atoms with Crippen molar-refractivity contribution in [3.63, 3.8) is 0 Å². The Balaban J connectivity index is 1.71. The molecule has 0 aromatic heterocycles. The van der Waals surface area contributed by atoms with Gasteiger partial charge in [0.15, 0.2) is 11.6 Å². The quantitative estimate of drug-likeness (QED) is 0.623. The second kappa shape index (κ2) is 8.26. The molecular formula is C22H25F3O. The minimum absolute atomic E-state index is 0.253. The second-order valence-corrected chi connectivity index (χ2v) is 7.36. The zero-order valence-electron chi connectivity index (χ0n) is 15.0. The molecular weight excluding hydrogens is 337 g/mol. The van der Waals surface area contributed by atoms with Crippen LogP contribution in [0.5, 0.6) is 0 Å². The Morgan fingerprint density at radius 2 is 1.54 bits per heavy atom. The Bertz CT molecular complexity index is 734. The van der Waals surface area contributed by atoms with Gasteiger partial charge in [-0.05, 0) is 54.7 Å². The van der Waals surface area contributed by atoms with Gasteiger partial charge in [0.25, 0.3) is 0 Å². The molecule has 0 amide bonds. The molecule has 1 fully saturated rings. The van der Waals surface area contributed by atoms with Crippen molar-refractivity contribution < 1.29 is 18.3 Å². The van der Waals surface area contributed by atoms with Crippen LogP contribution in [0.2, 0.25) is 0 Å². The van der Waals surface area contributed by atoms with Gasteiger partial charge in [-0.15, -0.1) is 0 Å². The van der Waals surface area contributed by atoms with E-state index in [4.69, 9.17) is 0 Å². The van der Waals surface area contributed by atoms with Crippen LogP contribution in [0.15, 0.2) is 36.4 Å². The fourth-order valence-electron chi connectivity index (χ4n) is 4.07. The van der Waals surface area contributed by atoms with Crippen LogP contribution < -0.4 is 0 Å². The van der Waals surface area contributed by atoms with Crippen LogP contribution in [-0.2, 0) is 0 Å². The predicted octanol–water partition coefficient (Wildman–Crippen LogP) is 6.26. The van der Waals surface area contributed by atoms with Gasteiger partial charge in [-0.3, -0.25) is 0 Å². The molecule has 1 atom stereocenters. The number of aliphatic hydroxyl groups is 1. The fourth-order valence-corrected chi connectivity index (χ4v) is 4.07. The van der Waals surface area contributed by atoms with E-state index in [1.54, 1.807) is 12.1 Å². The lowest BCUT2D eigenvalue weighted by atomic mass is 9.77. The third-order valence-electron chi connectivity index (χ3n) is 5.60. The highest BCUT2D eigenvalue weighted by Gasteiger charge is 2.23. The first-order valence-electron chi connectivity index (χ1n) is 9.42. The molecule has 3 rings (SSSR count). The summed E-state index contributed by atoms with van der Waals surface area (Å²) in [6.07, 6.45) is 6.07. The van der Waals surface area contributed by atoms with Crippen molar-refractivity contribution in [2.45, 2.75) is 57.5 Å². The lowest BCUT2D eigenvalue weighted by Gasteiger charge is -2.28. The number of halogens is 3. The van der Waals surface area contributed by atoms with E-state index in [9.17, 15) is 18.3 Å². The molecule has 1 aliphatic carbocycles. The van der Waals surface area contributed by atoms with Gasteiger partial charge in [0, 0.05) is 11.6 Å². The SMILES string of the molecule is CCCC1CCC(c2ccc(C(O)c3cc(F)c(F)cc3F)cc2)CC1. The summed E-state index contributed by atoms with van der Waals surface area (Å²) >= 11 is 0. The summed E-state index contributed by atoms with van der Waals surface area (Å²) in [6, 6.07) is 8.61. The van der Waals surface area contributed by atoms with Crippen LogP contribution in [0.25, 0.3) is 0 Å². The minimum Gasteiger partial charge on any atom is -0.384 e. The van der Waals surface area contributed by atoms with E-state index >= 15 is 0 Å². The molecule has 140 valence electrons. The van der Waals surface area contributed by atoms with Gasteiger partial charge in [-0.2, -0.15) is 0 Å². The Morgan fingerprint density at radius 1 is 0.923 bits per heavy atom. The molecule has 4 heteroatoms. The molecule has 0 saturated heterocycles. The van der Waals surface area contributed by atoms with E-state index in [0.29, 0.717) is 17.5 Å². The lowest BCUT2D eigenvalue weighted by molar-refractivity contribution is 0.213. The smallest absolute Gasteiger partial charge is 0.161 e. The maximum atomic E-state index is 13.9. The van der Waals surface area contributed by atoms with Crippen molar-refractivity contribution in [3.05, 3.63) is 70.5 Å².